The average Bonchev–Trinajstić information content (AvgIpc) is 2.93. The maximum absolute atomic E-state index is 13.0. The molecule has 0 saturated carbocycles. The number of hydrogen-bond donors (Lipinski definition) is 0. The third-order valence-electron chi connectivity index (χ3n) is 6.94. The van der Waals surface area contributed by atoms with Gasteiger partial charge >= 0.3 is 88.8 Å². The van der Waals surface area contributed by atoms with Gasteiger partial charge in [0.25, 0.3) is 0 Å². The molecule has 0 fully saturated rings. The van der Waals surface area contributed by atoms with Gasteiger partial charge in [-0.15, -0.1) is 0 Å². The molecule has 58 heavy (non-hydrogen) atoms. The molecule has 0 aliphatic carbocycles. The minimum atomic E-state index is -6.53. The maximum Gasteiger partial charge on any atom is 0.460 e. The molecular weight excluding hydrogens is 914 g/mol. The maximum atomic E-state index is 13.0. The minimum absolute atomic E-state index is 0. The molecule has 0 amide bonds. The van der Waals surface area contributed by atoms with E-state index >= 15 is 0 Å². The van der Waals surface area contributed by atoms with Gasteiger partial charge in [0.05, 0.1) is 16.2 Å². The van der Waals surface area contributed by atoms with Crippen LogP contribution in [0.15, 0.2) is 0 Å². The molecule has 345 valence electrons. The summed E-state index contributed by atoms with van der Waals surface area (Å²) in [6, 6.07) is 0. The van der Waals surface area contributed by atoms with Crippen LogP contribution in [0.2, 0.25) is 0 Å². The molecule has 0 atom stereocenters. The van der Waals surface area contributed by atoms with Crippen molar-refractivity contribution in [2.75, 3.05) is 0 Å². The van der Waals surface area contributed by atoms with Crippen LogP contribution in [0.3, 0.4) is 0 Å². The summed E-state index contributed by atoms with van der Waals surface area (Å²) in [6.07, 6.45) is -24.0. The Kier molecular flexibility index (Phi) is 20.0. The fourth-order valence-electron chi connectivity index (χ4n) is 2.68. The molecule has 1 radical (unpaired) electrons. The Morgan fingerprint density at radius 3 is 0.483 bits per heavy atom. The molecule has 0 aromatic carbocycles. The molecule has 0 aliphatic heterocycles. The summed E-state index contributed by atoms with van der Waals surface area (Å²) in [4.78, 5) is 54.2. The second-order valence-corrected chi connectivity index (χ2v) is 14.9. The fourth-order valence-corrected chi connectivity index (χ4v) is 2.68. The first-order valence-corrected chi connectivity index (χ1v) is 14.9. The number of halogens is 21. The van der Waals surface area contributed by atoms with Crippen molar-refractivity contribution in [3.05, 3.63) is 0 Å². The zero-order valence-electron chi connectivity index (χ0n) is 31.1. The molecule has 0 heterocycles. The topological polar surface area (TPSA) is 128 Å². The van der Waals surface area contributed by atoms with Crippen molar-refractivity contribution in [2.24, 2.45) is 16.2 Å². The molecule has 6 N–H and O–H groups in total. The summed E-state index contributed by atoms with van der Waals surface area (Å²) >= 11 is 0. The summed E-state index contributed by atoms with van der Waals surface area (Å²) < 4.78 is 260. The molecule has 0 saturated heterocycles. The van der Waals surface area contributed by atoms with E-state index in [1.807, 2.05) is 0 Å². The van der Waals surface area contributed by atoms with Crippen molar-refractivity contribution >= 4 is 34.7 Å². The van der Waals surface area contributed by atoms with Crippen LogP contribution in [0.5, 0.6) is 0 Å². The van der Waals surface area contributed by atoms with Crippen LogP contribution >= 0.6 is 0 Å². The van der Waals surface area contributed by atoms with E-state index in [0.717, 1.165) is 0 Å². The Hall–Kier alpha value is -2.94. The summed E-state index contributed by atoms with van der Waals surface area (Å²) in [6.45, 7) is 11.7. The number of rotatable bonds is 12. The molecule has 0 aromatic heterocycles. The van der Waals surface area contributed by atoms with Gasteiger partial charge in [-0.1, -0.05) is 0 Å². The van der Waals surface area contributed by atoms with Crippen molar-refractivity contribution in [3.63, 3.8) is 0 Å². The van der Waals surface area contributed by atoms with Gasteiger partial charge in [0, 0.05) is 16.8 Å². The largest absolute Gasteiger partial charge is 0.460 e. The van der Waals surface area contributed by atoms with Gasteiger partial charge in [0.2, 0.25) is 0 Å². The number of ketones is 6. The van der Waals surface area contributed by atoms with E-state index in [2.05, 4.69) is 0 Å². The smallest absolute Gasteiger partial charge is 0.282 e. The van der Waals surface area contributed by atoms with Crippen LogP contribution in [-0.2, 0) is 16.8 Å². The van der Waals surface area contributed by atoms with E-state index in [1.165, 1.54) is 62.3 Å². The zero-order chi connectivity index (χ0) is 47.6. The Morgan fingerprint density at radius 2 is 0.397 bits per heavy atom. The van der Waals surface area contributed by atoms with Crippen molar-refractivity contribution in [1.29, 1.82) is 0 Å². The second kappa shape index (κ2) is 18.8. The zero-order valence-corrected chi connectivity index (χ0v) is 32.1. The molecule has 0 aromatic rings. The second-order valence-electron chi connectivity index (χ2n) is 14.9. The summed E-state index contributed by atoms with van der Waals surface area (Å²) in [5.74, 6) is -46.6. The van der Waals surface area contributed by atoms with Crippen LogP contribution in [-0.4, -0.2) is 118 Å². The summed E-state index contributed by atoms with van der Waals surface area (Å²) in [5.41, 5.74) is -3.47. The van der Waals surface area contributed by atoms with Crippen LogP contribution in [0.1, 0.15) is 81.6 Å². The number of alkyl halides is 21. The van der Waals surface area contributed by atoms with Crippen LogP contribution in [0.4, 0.5) is 92.2 Å². The summed E-state index contributed by atoms with van der Waals surface area (Å²) in [7, 11) is 0. The van der Waals surface area contributed by atoms with E-state index in [9.17, 15) is 107 Å². The van der Waals surface area contributed by atoms with Gasteiger partial charge < -0.3 is 0 Å². The van der Waals surface area contributed by atoms with Crippen molar-refractivity contribution < 1.29 is 138 Å². The van der Waals surface area contributed by atoms with Gasteiger partial charge in [-0.05, 0) is 62.3 Å². The quantitative estimate of drug-likeness (QED) is 0.105. The average molecular weight is 954 g/mol. The molecule has 0 bridgehead atoms. The fraction of sp³-hybridized carbons (Fsp3) is 0.800. The van der Waals surface area contributed by atoms with Crippen molar-refractivity contribution in [2.45, 2.75) is 136 Å². The molecule has 0 spiro atoms. The van der Waals surface area contributed by atoms with Gasteiger partial charge in [0.15, 0.2) is 19.3 Å². The van der Waals surface area contributed by atoms with E-state index in [1.54, 1.807) is 0 Å². The molecule has 0 aliphatic rings. The number of carbonyl (C=O) groups excluding carboxylic acids is 6. The third kappa shape index (κ3) is 14.7. The molecule has 28 heteroatoms. The first-order chi connectivity index (χ1) is 24.1. The van der Waals surface area contributed by atoms with Gasteiger partial charge in [-0.2, -0.15) is 92.2 Å². The van der Waals surface area contributed by atoms with Crippen LogP contribution in [0.25, 0.3) is 0 Å². The van der Waals surface area contributed by atoms with Crippen molar-refractivity contribution in [1.82, 2.24) is 0 Å². The molecule has 0 rings (SSSR count). The molecule has 6 nitrogen and oxygen atoms in total. The normalized spacial score (nSPS) is 14.2. The first kappa shape index (κ1) is 61.7. The third-order valence-corrected chi connectivity index (χ3v) is 6.94. The Morgan fingerprint density at radius 1 is 0.276 bits per heavy atom. The van der Waals surface area contributed by atoms with E-state index in [4.69, 9.17) is 14.4 Å². The van der Waals surface area contributed by atoms with E-state index in [-0.39, 0.29) is 16.8 Å². The molecular formula is C30H39CoF21O6+6. The summed E-state index contributed by atoms with van der Waals surface area (Å²) in [5, 5.41) is 0. The van der Waals surface area contributed by atoms with E-state index < -0.39 is 124 Å². The SMILES string of the molecule is CC(C)(C)C(=[OH+])CC(=[OH+])C(F)(F)C(F)(F)C(F)(F)F.CC(C)(C)C(=[OH+])CC(=[OH+])C(F)(F)C(F)(F)C(F)(F)F.CC(C)(C)C(=[OH+])CC(=[OH+])C(F)(F)C(F)(F)C(F)(F)F.[Co]. The number of hydrogen-bond acceptors (Lipinski definition) is 0. The van der Waals surface area contributed by atoms with E-state index in [0.29, 0.717) is 0 Å². The van der Waals surface area contributed by atoms with Gasteiger partial charge in [-0.3, -0.25) is 28.8 Å². The van der Waals surface area contributed by atoms with Crippen LogP contribution < -0.4 is 0 Å². The van der Waals surface area contributed by atoms with Gasteiger partial charge in [-0.25, -0.2) is 0 Å². The predicted octanol–water partition coefficient (Wildman–Crippen LogP) is 10.0. The molecule has 0 unspecified atom stereocenters. The first-order valence-electron chi connectivity index (χ1n) is 14.9. The predicted molar refractivity (Wildman–Crippen MR) is 162 cm³/mol. The Bertz CT molecular complexity index is 1310. The standard InChI is InChI=1S/3C10H11F7O2.Co/c3*1-7(2,3)5(18)4-6(19)8(11,12)9(13,14)10(15,16)17;/h3*4H2,1-3H3;/p+6. The minimum Gasteiger partial charge on any atom is -0.282 e. The van der Waals surface area contributed by atoms with Crippen LogP contribution in [0, 0.1) is 16.2 Å². The Balaban J connectivity index is -0.000000374. The van der Waals surface area contributed by atoms with Gasteiger partial charge in [0.1, 0.15) is 0 Å². The van der Waals surface area contributed by atoms with Crippen molar-refractivity contribution in [3.8, 4) is 0 Å². The Labute approximate surface area is 324 Å². The monoisotopic (exact) mass is 953 g/mol.